The summed E-state index contributed by atoms with van der Waals surface area (Å²) in [5, 5.41) is 7.25. The van der Waals surface area contributed by atoms with Crippen LogP contribution in [0.2, 0.25) is 0 Å². The summed E-state index contributed by atoms with van der Waals surface area (Å²) in [5.74, 6) is -1.66. The number of fused-ring (bicyclic) bond motifs is 2. The largest absolute Gasteiger partial charge is 0.443 e. The molecule has 14 heteroatoms. The highest BCUT2D eigenvalue weighted by Crippen LogP contribution is 2.34. The van der Waals surface area contributed by atoms with Gasteiger partial charge in [0.25, 0.3) is 0 Å². The number of nitrogens with zero attached hydrogens (tertiary/aromatic N) is 6. The fraction of sp³-hybridized carbons (Fsp3) is 0.258. The molecule has 0 radical (unpaired) electrons. The molecule has 1 aliphatic heterocycles. The summed E-state index contributed by atoms with van der Waals surface area (Å²) in [7, 11) is 0. The molecule has 0 fully saturated rings. The number of pyridine rings is 1. The molecule has 0 bridgehead atoms. The van der Waals surface area contributed by atoms with Crippen LogP contribution in [0.4, 0.5) is 40.8 Å². The molecule has 0 aliphatic carbocycles. The van der Waals surface area contributed by atoms with Crippen LogP contribution in [0.3, 0.4) is 0 Å². The van der Waals surface area contributed by atoms with Gasteiger partial charge in [-0.15, -0.1) is 0 Å². The summed E-state index contributed by atoms with van der Waals surface area (Å²) in [6.45, 7) is 7.53. The Morgan fingerprint density at radius 3 is 2.67 bits per heavy atom. The van der Waals surface area contributed by atoms with E-state index in [1.807, 2.05) is 20.8 Å². The van der Waals surface area contributed by atoms with E-state index in [-0.39, 0.29) is 22.8 Å². The molecule has 2 aromatic carbocycles. The zero-order valence-corrected chi connectivity index (χ0v) is 25.7. The average Bonchev–Trinajstić information content (AvgIpc) is 3.44. The number of aromatic nitrogens is 5. The summed E-state index contributed by atoms with van der Waals surface area (Å²) in [6, 6.07) is 10.4. The Kier molecular flexibility index (Phi) is 7.99. The van der Waals surface area contributed by atoms with Gasteiger partial charge in [0.2, 0.25) is 0 Å². The molecule has 0 spiro atoms. The number of hydrogen-bond donors (Lipinski definition) is 2. The first-order chi connectivity index (χ1) is 21.5. The molecular weight excluding hydrogens is 605 g/mol. The molecule has 4 heterocycles. The second kappa shape index (κ2) is 11.9. The summed E-state index contributed by atoms with van der Waals surface area (Å²) in [5.41, 5.74) is 1.36. The van der Waals surface area contributed by atoms with Crippen LogP contribution in [0.1, 0.15) is 38.4 Å². The van der Waals surface area contributed by atoms with Gasteiger partial charge in [-0.1, -0.05) is 6.07 Å². The van der Waals surface area contributed by atoms with Crippen molar-refractivity contribution in [2.45, 2.75) is 51.0 Å². The highest BCUT2D eigenvalue weighted by Gasteiger charge is 2.30. The lowest BCUT2D eigenvalue weighted by Gasteiger charge is -2.30. The standard InChI is InChI=1S/C31H29F3N8O2S/c1-17-18(32)7-5-9-24(17)45-40-20-11-10-19(33)27(26(20)34)39-29-28-21(35-16-36-29)12-13-25(38-28)42-22-8-6-14-41(23(22)15-37-42)30(43)44-31(2,3)4/h5,7,9-13,15-16,40H,6,8,14H2,1-4H3,(H,35,36,39). The minimum Gasteiger partial charge on any atom is -0.443 e. The van der Waals surface area contributed by atoms with Crippen LogP contribution in [0.5, 0.6) is 0 Å². The van der Waals surface area contributed by atoms with E-state index < -0.39 is 29.0 Å². The first-order valence-electron chi connectivity index (χ1n) is 14.1. The number of anilines is 4. The van der Waals surface area contributed by atoms with E-state index in [0.717, 1.165) is 23.7 Å². The highest BCUT2D eigenvalue weighted by molar-refractivity contribution is 8.00. The predicted octanol–water partition coefficient (Wildman–Crippen LogP) is 7.49. The Morgan fingerprint density at radius 1 is 1.04 bits per heavy atom. The lowest BCUT2D eigenvalue weighted by Crippen LogP contribution is -2.39. The number of rotatable bonds is 6. The van der Waals surface area contributed by atoms with Gasteiger partial charge < -0.3 is 14.8 Å². The van der Waals surface area contributed by atoms with E-state index in [1.54, 1.807) is 47.0 Å². The quantitative estimate of drug-likeness (QED) is 0.184. The van der Waals surface area contributed by atoms with Crippen LogP contribution in [-0.2, 0) is 11.2 Å². The van der Waals surface area contributed by atoms with Gasteiger partial charge in [0.15, 0.2) is 17.5 Å². The topological polar surface area (TPSA) is 110 Å². The van der Waals surface area contributed by atoms with Gasteiger partial charge in [-0.25, -0.2) is 37.6 Å². The SMILES string of the molecule is Cc1c(F)cccc1SNc1ccc(F)c(Nc2ncnc3ccc(-n4ncc5c4CCCN5C(=O)OC(C)(C)C)nc23)c1F. The highest BCUT2D eigenvalue weighted by atomic mass is 32.2. The Labute approximate surface area is 261 Å². The van der Waals surface area contributed by atoms with Crippen LogP contribution in [0.15, 0.2) is 59.9 Å². The van der Waals surface area contributed by atoms with E-state index in [1.165, 1.54) is 18.5 Å². The third-order valence-corrected chi connectivity index (χ3v) is 8.04. The smallest absolute Gasteiger partial charge is 0.414 e. The maximum atomic E-state index is 15.6. The number of benzene rings is 2. The van der Waals surface area contributed by atoms with Crippen molar-refractivity contribution < 1.29 is 22.7 Å². The van der Waals surface area contributed by atoms with Crippen LogP contribution < -0.4 is 14.9 Å². The molecule has 5 aromatic rings. The molecule has 232 valence electrons. The van der Waals surface area contributed by atoms with Crippen molar-refractivity contribution in [1.29, 1.82) is 0 Å². The number of carbonyl (C=O) groups excluding carboxylic acids is 1. The molecule has 0 saturated heterocycles. The molecule has 2 N–H and O–H groups in total. The van der Waals surface area contributed by atoms with E-state index in [9.17, 15) is 13.6 Å². The summed E-state index contributed by atoms with van der Waals surface area (Å²) in [6.07, 6.45) is 3.74. The lowest BCUT2D eigenvalue weighted by molar-refractivity contribution is 0.0577. The average molecular weight is 635 g/mol. The minimum atomic E-state index is -0.900. The third-order valence-electron chi connectivity index (χ3n) is 7.05. The Bertz CT molecular complexity index is 1930. The number of amides is 1. The van der Waals surface area contributed by atoms with Crippen molar-refractivity contribution in [2.24, 2.45) is 0 Å². The normalized spacial score (nSPS) is 13.1. The van der Waals surface area contributed by atoms with Gasteiger partial charge in [0, 0.05) is 17.0 Å². The van der Waals surface area contributed by atoms with Gasteiger partial charge in [-0.05, 0) is 88.9 Å². The molecule has 45 heavy (non-hydrogen) atoms. The lowest BCUT2D eigenvalue weighted by atomic mass is 10.1. The van der Waals surface area contributed by atoms with Crippen LogP contribution in [0.25, 0.3) is 16.9 Å². The molecule has 1 amide bonds. The Morgan fingerprint density at radius 2 is 1.87 bits per heavy atom. The summed E-state index contributed by atoms with van der Waals surface area (Å²) in [4.78, 5) is 28.2. The fourth-order valence-electron chi connectivity index (χ4n) is 4.87. The second-order valence-corrected chi connectivity index (χ2v) is 12.2. The van der Waals surface area contributed by atoms with Crippen molar-refractivity contribution in [3.63, 3.8) is 0 Å². The van der Waals surface area contributed by atoms with Crippen LogP contribution in [-0.4, -0.2) is 43.0 Å². The van der Waals surface area contributed by atoms with E-state index >= 15 is 4.39 Å². The zero-order chi connectivity index (χ0) is 31.9. The van der Waals surface area contributed by atoms with Crippen molar-refractivity contribution in [3.8, 4) is 5.82 Å². The van der Waals surface area contributed by atoms with Crippen molar-refractivity contribution in [1.82, 2.24) is 24.7 Å². The second-order valence-electron chi connectivity index (χ2n) is 11.4. The Balaban J connectivity index is 1.31. The third kappa shape index (κ3) is 6.10. The van der Waals surface area contributed by atoms with Crippen LogP contribution in [0, 0.1) is 24.4 Å². The molecule has 1 aliphatic rings. The summed E-state index contributed by atoms with van der Waals surface area (Å²) < 4.78 is 54.6. The zero-order valence-electron chi connectivity index (χ0n) is 24.9. The molecule has 0 saturated carbocycles. The first kappa shape index (κ1) is 30.2. The maximum absolute atomic E-state index is 15.6. The molecular formula is C31H29F3N8O2S. The van der Waals surface area contributed by atoms with Crippen LogP contribution >= 0.6 is 11.9 Å². The van der Waals surface area contributed by atoms with E-state index in [0.29, 0.717) is 46.9 Å². The monoisotopic (exact) mass is 634 g/mol. The van der Waals surface area contributed by atoms with Gasteiger partial charge in [-0.3, -0.25) is 4.90 Å². The van der Waals surface area contributed by atoms with Crippen molar-refractivity contribution >= 4 is 52.0 Å². The van der Waals surface area contributed by atoms with E-state index in [4.69, 9.17) is 9.72 Å². The molecule has 10 nitrogen and oxygen atoms in total. The molecule has 6 rings (SSSR count). The molecule has 3 aromatic heterocycles. The number of halogens is 3. The fourth-order valence-corrected chi connectivity index (χ4v) is 5.64. The predicted molar refractivity (Wildman–Crippen MR) is 167 cm³/mol. The number of hydrogen-bond acceptors (Lipinski definition) is 9. The van der Waals surface area contributed by atoms with Gasteiger partial charge in [0.1, 0.15) is 34.8 Å². The van der Waals surface area contributed by atoms with Gasteiger partial charge in [-0.2, -0.15) is 5.10 Å². The van der Waals surface area contributed by atoms with Crippen molar-refractivity contribution in [2.75, 3.05) is 21.5 Å². The number of carbonyl (C=O) groups is 1. The molecule has 0 unspecified atom stereocenters. The van der Waals surface area contributed by atoms with E-state index in [2.05, 4.69) is 25.1 Å². The maximum Gasteiger partial charge on any atom is 0.414 e. The minimum absolute atomic E-state index is 0.0164. The van der Waals surface area contributed by atoms with Gasteiger partial charge >= 0.3 is 6.09 Å². The first-order valence-corrected chi connectivity index (χ1v) is 14.9. The number of nitrogens with one attached hydrogen (secondary N) is 2. The Hall–Kier alpha value is -4.85. The van der Waals surface area contributed by atoms with Gasteiger partial charge in [0.05, 0.1) is 28.8 Å². The molecule has 0 atom stereocenters. The number of ether oxygens (including phenoxy) is 1. The van der Waals surface area contributed by atoms with Crippen molar-refractivity contribution in [3.05, 3.63) is 83.7 Å². The summed E-state index contributed by atoms with van der Waals surface area (Å²) >= 11 is 1.01.